The SMILES string of the molecule is CCC(C)[C@@H](NC(=O)C1CCN(S(=O)(=O)c2cccc3nsnc23)CC1)C(=O)NC1CC1. The van der Waals surface area contributed by atoms with E-state index in [9.17, 15) is 18.0 Å². The number of fused-ring (bicyclic) bond motifs is 1. The highest BCUT2D eigenvalue weighted by molar-refractivity contribution is 7.89. The molecule has 32 heavy (non-hydrogen) atoms. The Morgan fingerprint density at radius 2 is 1.91 bits per heavy atom. The number of benzene rings is 1. The molecule has 0 bridgehead atoms. The van der Waals surface area contributed by atoms with Crippen LogP contribution in [0, 0.1) is 11.8 Å². The van der Waals surface area contributed by atoms with Crippen molar-refractivity contribution in [3.8, 4) is 0 Å². The minimum absolute atomic E-state index is 0.0189. The molecule has 1 aliphatic carbocycles. The second kappa shape index (κ2) is 9.40. The lowest BCUT2D eigenvalue weighted by atomic mass is 9.94. The van der Waals surface area contributed by atoms with Gasteiger partial charge < -0.3 is 10.6 Å². The summed E-state index contributed by atoms with van der Waals surface area (Å²) in [5.74, 6) is -0.604. The molecule has 174 valence electrons. The highest BCUT2D eigenvalue weighted by Gasteiger charge is 2.36. The van der Waals surface area contributed by atoms with Gasteiger partial charge in [-0.2, -0.15) is 13.1 Å². The van der Waals surface area contributed by atoms with Gasteiger partial charge in [0.25, 0.3) is 0 Å². The molecule has 1 aromatic heterocycles. The predicted molar refractivity (Wildman–Crippen MR) is 121 cm³/mol. The van der Waals surface area contributed by atoms with Crippen molar-refractivity contribution in [3.63, 3.8) is 0 Å². The Hall–Kier alpha value is -2.11. The molecule has 2 aliphatic rings. The Bertz CT molecular complexity index is 1090. The highest BCUT2D eigenvalue weighted by Crippen LogP contribution is 2.28. The highest BCUT2D eigenvalue weighted by atomic mass is 32.2. The van der Waals surface area contributed by atoms with Crippen molar-refractivity contribution in [1.82, 2.24) is 23.7 Å². The fourth-order valence-electron chi connectivity index (χ4n) is 3.98. The summed E-state index contributed by atoms with van der Waals surface area (Å²) in [6, 6.07) is 4.62. The Morgan fingerprint density at radius 3 is 2.56 bits per heavy atom. The van der Waals surface area contributed by atoms with Crippen LogP contribution in [0.3, 0.4) is 0 Å². The molecular weight excluding hydrogens is 450 g/mol. The van der Waals surface area contributed by atoms with E-state index in [1.807, 2.05) is 13.8 Å². The summed E-state index contributed by atoms with van der Waals surface area (Å²) in [6.07, 6.45) is 3.58. The maximum Gasteiger partial charge on any atom is 0.245 e. The fraction of sp³-hybridized carbons (Fsp3) is 0.619. The largest absolute Gasteiger partial charge is 0.352 e. The third-order valence-electron chi connectivity index (χ3n) is 6.41. The van der Waals surface area contributed by atoms with Crippen LogP contribution in [0.2, 0.25) is 0 Å². The molecule has 2 aromatic rings. The maximum atomic E-state index is 13.2. The summed E-state index contributed by atoms with van der Waals surface area (Å²) in [7, 11) is -3.73. The summed E-state index contributed by atoms with van der Waals surface area (Å²) in [6.45, 7) is 4.45. The molecule has 0 spiro atoms. The van der Waals surface area contributed by atoms with Crippen molar-refractivity contribution >= 4 is 44.6 Å². The monoisotopic (exact) mass is 479 g/mol. The van der Waals surface area contributed by atoms with Gasteiger partial charge in [0.05, 0.1) is 11.7 Å². The Morgan fingerprint density at radius 1 is 1.19 bits per heavy atom. The first-order valence-corrected chi connectivity index (χ1v) is 13.3. The van der Waals surface area contributed by atoms with Gasteiger partial charge in [-0.1, -0.05) is 26.3 Å². The van der Waals surface area contributed by atoms with Gasteiger partial charge in [-0.3, -0.25) is 9.59 Å². The quantitative estimate of drug-likeness (QED) is 0.596. The number of piperidine rings is 1. The maximum absolute atomic E-state index is 13.2. The molecule has 1 saturated heterocycles. The van der Waals surface area contributed by atoms with Crippen LogP contribution in [0.25, 0.3) is 11.0 Å². The number of aromatic nitrogens is 2. The Kier molecular flexibility index (Phi) is 6.78. The van der Waals surface area contributed by atoms with Crippen LogP contribution < -0.4 is 10.6 Å². The van der Waals surface area contributed by atoms with Gasteiger partial charge in [-0.15, -0.1) is 0 Å². The number of nitrogens with one attached hydrogen (secondary N) is 2. The standard InChI is InChI=1S/C21H29N5O4S2/c1-3-13(2)18(21(28)22-15-7-8-15)23-20(27)14-9-11-26(12-10-14)32(29,30)17-6-4-5-16-19(17)25-31-24-16/h4-6,13-15,18H,3,7-12H2,1-2H3,(H,22,28)(H,23,27)/t13?,18-/m1/s1. The summed E-state index contributed by atoms with van der Waals surface area (Å²) >= 11 is 0.985. The zero-order chi connectivity index (χ0) is 22.9. The van der Waals surface area contributed by atoms with Crippen LogP contribution in [-0.2, 0) is 19.6 Å². The minimum Gasteiger partial charge on any atom is -0.352 e. The minimum atomic E-state index is -3.73. The Labute approximate surface area is 192 Å². The molecule has 0 radical (unpaired) electrons. The molecule has 1 aromatic carbocycles. The van der Waals surface area contributed by atoms with Crippen LogP contribution in [0.5, 0.6) is 0 Å². The molecule has 1 saturated carbocycles. The zero-order valence-corrected chi connectivity index (χ0v) is 19.9. The van der Waals surface area contributed by atoms with Gasteiger partial charge in [0.2, 0.25) is 21.8 Å². The van der Waals surface area contributed by atoms with Gasteiger partial charge in [-0.25, -0.2) is 8.42 Å². The summed E-state index contributed by atoms with van der Waals surface area (Å²) in [4.78, 5) is 25.7. The van der Waals surface area contributed by atoms with Crippen molar-refractivity contribution in [2.24, 2.45) is 11.8 Å². The lowest BCUT2D eigenvalue weighted by Crippen LogP contribution is -2.53. The van der Waals surface area contributed by atoms with Crippen molar-refractivity contribution in [2.75, 3.05) is 13.1 Å². The first-order valence-electron chi connectivity index (χ1n) is 11.1. The second-order valence-electron chi connectivity index (χ2n) is 8.72. The summed E-state index contributed by atoms with van der Waals surface area (Å²) in [5, 5.41) is 5.92. The number of sulfonamides is 1. The Balaban J connectivity index is 1.39. The van der Waals surface area contributed by atoms with Gasteiger partial charge in [0.1, 0.15) is 22.0 Å². The summed E-state index contributed by atoms with van der Waals surface area (Å²) in [5.41, 5.74) is 0.946. The molecule has 2 N–H and O–H groups in total. The van der Waals surface area contributed by atoms with E-state index in [0.717, 1.165) is 31.0 Å². The van der Waals surface area contributed by atoms with Gasteiger partial charge in [0.15, 0.2) is 0 Å². The molecule has 11 heteroatoms. The van der Waals surface area contributed by atoms with Crippen LogP contribution in [0.4, 0.5) is 0 Å². The lowest BCUT2D eigenvalue weighted by Gasteiger charge is -2.32. The average Bonchev–Trinajstić information content (AvgIpc) is 3.48. The lowest BCUT2D eigenvalue weighted by molar-refractivity contribution is -0.133. The molecule has 9 nitrogen and oxygen atoms in total. The van der Waals surface area contributed by atoms with Crippen LogP contribution in [-0.4, -0.2) is 58.5 Å². The molecular formula is C21H29N5O4S2. The van der Waals surface area contributed by atoms with Crippen LogP contribution >= 0.6 is 11.7 Å². The summed E-state index contributed by atoms with van der Waals surface area (Å²) < 4.78 is 36.1. The van der Waals surface area contributed by atoms with Crippen LogP contribution in [0.15, 0.2) is 23.1 Å². The smallest absolute Gasteiger partial charge is 0.245 e. The number of amides is 2. The van der Waals surface area contributed by atoms with Gasteiger partial charge >= 0.3 is 0 Å². The molecule has 2 atom stereocenters. The van der Waals surface area contributed by atoms with Crippen molar-refractivity contribution in [3.05, 3.63) is 18.2 Å². The van der Waals surface area contributed by atoms with Gasteiger partial charge in [0, 0.05) is 25.0 Å². The number of nitrogens with zero attached hydrogens (tertiary/aromatic N) is 3. The molecule has 1 unspecified atom stereocenters. The number of hydrogen-bond acceptors (Lipinski definition) is 7. The van der Waals surface area contributed by atoms with E-state index in [-0.39, 0.29) is 47.7 Å². The first-order chi connectivity index (χ1) is 15.3. The molecule has 4 rings (SSSR count). The van der Waals surface area contributed by atoms with Crippen molar-refractivity contribution in [2.45, 2.75) is 62.9 Å². The molecule has 2 fully saturated rings. The van der Waals surface area contributed by atoms with E-state index in [4.69, 9.17) is 0 Å². The van der Waals surface area contributed by atoms with Gasteiger partial charge in [-0.05, 0) is 43.7 Å². The number of hydrogen-bond donors (Lipinski definition) is 2. The third kappa shape index (κ3) is 4.79. The second-order valence-corrected chi connectivity index (χ2v) is 11.2. The molecule has 1 aliphatic heterocycles. The molecule has 2 heterocycles. The van der Waals surface area contributed by atoms with E-state index in [1.54, 1.807) is 18.2 Å². The third-order valence-corrected chi connectivity index (χ3v) is 8.88. The van der Waals surface area contributed by atoms with E-state index < -0.39 is 16.1 Å². The predicted octanol–water partition coefficient (Wildman–Crippen LogP) is 1.90. The first kappa shape index (κ1) is 23.1. The van der Waals surface area contributed by atoms with E-state index in [0.29, 0.717) is 23.9 Å². The van der Waals surface area contributed by atoms with Crippen LogP contribution in [0.1, 0.15) is 46.0 Å². The fourth-order valence-corrected chi connectivity index (χ4v) is 6.20. The number of carbonyl (C=O) groups is 2. The van der Waals surface area contributed by atoms with E-state index in [1.165, 1.54) is 4.31 Å². The molecule has 2 amide bonds. The average molecular weight is 480 g/mol. The van der Waals surface area contributed by atoms with E-state index >= 15 is 0 Å². The van der Waals surface area contributed by atoms with E-state index in [2.05, 4.69) is 19.4 Å². The topological polar surface area (TPSA) is 121 Å². The van der Waals surface area contributed by atoms with Crippen molar-refractivity contribution < 1.29 is 18.0 Å². The number of rotatable bonds is 8. The van der Waals surface area contributed by atoms with Crippen molar-refractivity contribution in [1.29, 1.82) is 0 Å². The normalized spacial score (nSPS) is 20.1. The number of carbonyl (C=O) groups excluding carboxylic acids is 2. The zero-order valence-electron chi connectivity index (χ0n) is 18.3.